The lowest BCUT2D eigenvalue weighted by atomic mass is 9.86. The van der Waals surface area contributed by atoms with Gasteiger partial charge in [0.2, 0.25) is 0 Å². The maximum Gasteiger partial charge on any atom is 0.194 e. The van der Waals surface area contributed by atoms with Crippen molar-refractivity contribution in [2.45, 2.75) is 37.6 Å². The summed E-state index contributed by atoms with van der Waals surface area (Å²) in [5, 5.41) is 3.05. The van der Waals surface area contributed by atoms with Crippen LogP contribution >= 0.6 is 24.0 Å². The van der Waals surface area contributed by atoms with E-state index in [0.717, 1.165) is 18.7 Å². The topological polar surface area (TPSA) is 50.4 Å². The van der Waals surface area contributed by atoms with E-state index >= 15 is 0 Å². The molecule has 122 valence electrons. The molecule has 0 spiro atoms. The standard InChI is InChI=1S/C15H18F3N3.HI/c16-11-4-9(5-12(17)14(11)18)10-6-13(10)21-15(19)20-7-8-2-1-3-8;/h4-5,8,10,13H,1-3,6-7H2,(H3,19,20,21);1H/t10-,13+;/m0./s1. The second kappa shape index (κ2) is 7.06. The van der Waals surface area contributed by atoms with Crippen molar-refractivity contribution < 1.29 is 13.2 Å². The van der Waals surface area contributed by atoms with Gasteiger partial charge in [-0.05, 0) is 42.9 Å². The van der Waals surface area contributed by atoms with Crippen molar-refractivity contribution in [2.24, 2.45) is 16.6 Å². The van der Waals surface area contributed by atoms with Crippen molar-refractivity contribution in [1.29, 1.82) is 0 Å². The predicted octanol–water partition coefficient (Wildman–Crippen LogP) is 3.28. The van der Waals surface area contributed by atoms with Crippen LogP contribution < -0.4 is 11.1 Å². The molecule has 1 aromatic carbocycles. The Hall–Kier alpha value is -0.990. The second-order valence-electron chi connectivity index (χ2n) is 5.91. The van der Waals surface area contributed by atoms with E-state index in [1.807, 2.05) is 0 Å². The van der Waals surface area contributed by atoms with E-state index < -0.39 is 17.5 Å². The summed E-state index contributed by atoms with van der Waals surface area (Å²) in [5.74, 6) is -2.76. The molecule has 3 rings (SSSR count). The molecule has 1 aromatic rings. The van der Waals surface area contributed by atoms with Crippen molar-refractivity contribution in [2.75, 3.05) is 6.54 Å². The molecule has 0 bridgehead atoms. The maximum absolute atomic E-state index is 13.2. The Morgan fingerprint density at radius 1 is 1.23 bits per heavy atom. The summed E-state index contributed by atoms with van der Waals surface area (Å²) in [7, 11) is 0. The number of nitrogens with zero attached hydrogens (tertiary/aromatic N) is 1. The van der Waals surface area contributed by atoms with Crippen LogP contribution in [-0.4, -0.2) is 18.5 Å². The Balaban J connectivity index is 0.00000176. The molecule has 3 N–H and O–H groups in total. The molecule has 2 aliphatic rings. The maximum atomic E-state index is 13.2. The van der Waals surface area contributed by atoms with Crippen molar-refractivity contribution in [1.82, 2.24) is 5.32 Å². The highest BCUT2D eigenvalue weighted by molar-refractivity contribution is 14.0. The van der Waals surface area contributed by atoms with E-state index in [-0.39, 0.29) is 35.9 Å². The lowest BCUT2D eigenvalue weighted by Crippen LogP contribution is -2.35. The highest BCUT2D eigenvalue weighted by atomic mass is 127. The number of nitrogens with one attached hydrogen (secondary N) is 1. The lowest BCUT2D eigenvalue weighted by molar-refractivity contribution is 0.326. The summed E-state index contributed by atoms with van der Waals surface area (Å²) in [6, 6.07) is 2.11. The van der Waals surface area contributed by atoms with Crippen molar-refractivity contribution in [3.63, 3.8) is 0 Å². The molecule has 0 aliphatic heterocycles. The fraction of sp³-hybridized carbons (Fsp3) is 0.533. The molecule has 0 unspecified atom stereocenters. The molecule has 2 atom stereocenters. The largest absolute Gasteiger partial charge is 0.370 e. The first kappa shape index (κ1) is 17.4. The van der Waals surface area contributed by atoms with Gasteiger partial charge >= 0.3 is 0 Å². The number of guanidine groups is 1. The van der Waals surface area contributed by atoms with Gasteiger partial charge in [-0.2, -0.15) is 0 Å². The van der Waals surface area contributed by atoms with E-state index in [0.29, 0.717) is 23.9 Å². The Kier molecular flexibility index (Phi) is 5.57. The SMILES string of the molecule is I.NC(=NCC1CCC1)N[C@@H]1C[C@H]1c1cc(F)c(F)c(F)c1. The number of halogens is 4. The zero-order valence-electron chi connectivity index (χ0n) is 12.0. The van der Waals surface area contributed by atoms with Crippen LogP contribution in [-0.2, 0) is 0 Å². The third-order valence-corrected chi connectivity index (χ3v) is 4.30. The first-order valence-corrected chi connectivity index (χ1v) is 7.25. The summed E-state index contributed by atoms with van der Waals surface area (Å²) in [5.41, 5.74) is 6.25. The van der Waals surface area contributed by atoms with Gasteiger partial charge in [0.25, 0.3) is 0 Å². The zero-order chi connectivity index (χ0) is 15.0. The molecule has 0 saturated heterocycles. The minimum absolute atomic E-state index is 0. The number of hydrogen-bond acceptors (Lipinski definition) is 1. The van der Waals surface area contributed by atoms with Crippen molar-refractivity contribution in [3.8, 4) is 0 Å². The van der Waals surface area contributed by atoms with Gasteiger partial charge in [-0.1, -0.05) is 6.42 Å². The third-order valence-electron chi connectivity index (χ3n) is 4.30. The van der Waals surface area contributed by atoms with Gasteiger partial charge < -0.3 is 11.1 Å². The van der Waals surface area contributed by atoms with Gasteiger partial charge in [-0.3, -0.25) is 4.99 Å². The molecule has 2 aliphatic carbocycles. The molecular formula is C15H19F3IN3. The van der Waals surface area contributed by atoms with E-state index in [2.05, 4.69) is 10.3 Å². The Bertz CT molecular complexity index is 552. The normalized spacial score (nSPS) is 24.4. The Morgan fingerprint density at radius 3 is 2.41 bits per heavy atom. The molecule has 3 nitrogen and oxygen atoms in total. The number of hydrogen-bond donors (Lipinski definition) is 2. The zero-order valence-corrected chi connectivity index (χ0v) is 14.3. The van der Waals surface area contributed by atoms with Gasteiger partial charge in [0, 0.05) is 18.5 Å². The van der Waals surface area contributed by atoms with Crippen molar-refractivity contribution in [3.05, 3.63) is 35.1 Å². The summed E-state index contributed by atoms with van der Waals surface area (Å²) in [4.78, 5) is 4.28. The number of benzene rings is 1. The molecule has 0 aromatic heterocycles. The summed E-state index contributed by atoms with van der Waals surface area (Å²) < 4.78 is 39.3. The Labute approximate surface area is 144 Å². The number of rotatable bonds is 4. The molecule has 2 fully saturated rings. The average Bonchev–Trinajstić information content (AvgIpc) is 3.12. The first-order valence-electron chi connectivity index (χ1n) is 7.25. The van der Waals surface area contributed by atoms with E-state index in [1.54, 1.807) is 0 Å². The van der Waals surface area contributed by atoms with E-state index in [4.69, 9.17) is 5.73 Å². The van der Waals surface area contributed by atoms with E-state index in [9.17, 15) is 13.2 Å². The Morgan fingerprint density at radius 2 is 1.86 bits per heavy atom. The molecule has 0 heterocycles. The number of aliphatic imine (C=N–C) groups is 1. The van der Waals surface area contributed by atoms with Gasteiger partial charge in [0.05, 0.1) is 0 Å². The smallest absolute Gasteiger partial charge is 0.194 e. The van der Waals surface area contributed by atoms with Crippen LogP contribution in [0.1, 0.15) is 37.2 Å². The van der Waals surface area contributed by atoms with Crippen molar-refractivity contribution >= 4 is 29.9 Å². The lowest BCUT2D eigenvalue weighted by Gasteiger charge is -2.23. The van der Waals surface area contributed by atoms with Crippen LogP contribution in [0.15, 0.2) is 17.1 Å². The second-order valence-corrected chi connectivity index (χ2v) is 5.91. The van der Waals surface area contributed by atoms with E-state index in [1.165, 1.54) is 19.3 Å². The van der Waals surface area contributed by atoms with Crippen LogP contribution in [0.2, 0.25) is 0 Å². The highest BCUT2D eigenvalue weighted by Gasteiger charge is 2.39. The minimum atomic E-state index is -1.43. The van der Waals surface area contributed by atoms with Gasteiger partial charge in [0.15, 0.2) is 23.4 Å². The first-order chi connectivity index (χ1) is 10.0. The van der Waals surface area contributed by atoms with Crippen LogP contribution in [0.3, 0.4) is 0 Å². The quantitative estimate of drug-likeness (QED) is 0.337. The highest BCUT2D eigenvalue weighted by Crippen LogP contribution is 2.41. The monoisotopic (exact) mass is 425 g/mol. The number of nitrogens with two attached hydrogens (primary N) is 1. The summed E-state index contributed by atoms with van der Waals surface area (Å²) in [6.07, 6.45) is 4.39. The fourth-order valence-corrected chi connectivity index (χ4v) is 2.65. The molecule has 2 saturated carbocycles. The van der Waals surface area contributed by atoms with Crippen LogP contribution in [0.4, 0.5) is 13.2 Å². The molecule has 0 radical (unpaired) electrons. The fourth-order valence-electron chi connectivity index (χ4n) is 2.65. The minimum Gasteiger partial charge on any atom is -0.370 e. The van der Waals surface area contributed by atoms with Crippen LogP contribution in [0, 0.1) is 23.4 Å². The van der Waals surface area contributed by atoms with Gasteiger partial charge in [-0.25, -0.2) is 13.2 Å². The van der Waals surface area contributed by atoms with Gasteiger partial charge in [0.1, 0.15) is 0 Å². The summed E-state index contributed by atoms with van der Waals surface area (Å²) in [6.45, 7) is 0.732. The molecule has 22 heavy (non-hydrogen) atoms. The van der Waals surface area contributed by atoms with Crippen LogP contribution in [0.5, 0.6) is 0 Å². The molecule has 0 amide bonds. The average molecular weight is 425 g/mol. The summed E-state index contributed by atoms with van der Waals surface area (Å²) >= 11 is 0. The predicted molar refractivity (Wildman–Crippen MR) is 89.8 cm³/mol. The molecular weight excluding hydrogens is 406 g/mol. The molecule has 7 heteroatoms. The van der Waals surface area contributed by atoms with Gasteiger partial charge in [-0.15, -0.1) is 24.0 Å². The third kappa shape index (κ3) is 3.85. The van der Waals surface area contributed by atoms with Crippen LogP contribution in [0.25, 0.3) is 0 Å².